The maximum atomic E-state index is 13.2. The molecule has 0 fully saturated rings. The third-order valence-corrected chi connectivity index (χ3v) is 7.19. The maximum Gasteiger partial charge on any atom is 0.262 e. The molecule has 0 unspecified atom stereocenters. The monoisotopic (exact) mass is 422 g/mol. The van der Waals surface area contributed by atoms with E-state index in [2.05, 4.69) is 36.6 Å². The number of para-hydroxylation sites is 1. The molecule has 150 valence electrons. The van der Waals surface area contributed by atoms with Gasteiger partial charge in [-0.15, -0.1) is 11.8 Å². The van der Waals surface area contributed by atoms with Crippen molar-refractivity contribution in [3.8, 4) is 0 Å². The van der Waals surface area contributed by atoms with Crippen LogP contribution in [0.25, 0.3) is 10.9 Å². The lowest BCUT2D eigenvalue weighted by Gasteiger charge is -2.16. The molecule has 0 atom stereocenters. The maximum absolute atomic E-state index is 13.2. The van der Waals surface area contributed by atoms with Crippen LogP contribution in [-0.2, 0) is 12.3 Å². The van der Waals surface area contributed by atoms with Gasteiger partial charge in [0.25, 0.3) is 5.56 Å². The van der Waals surface area contributed by atoms with Gasteiger partial charge in [-0.1, -0.05) is 47.7 Å². The molecule has 2 aromatic carbocycles. The van der Waals surface area contributed by atoms with Gasteiger partial charge in [-0.3, -0.25) is 9.36 Å². The van der Waals surface area contributed by atoms with Gasteiger partial charge in [0, 0.05) is 17.2 Å². The van der Waals surface area contributed by atoms with Crippen LogP contribution < -0.4 is 5.56 Å². The molecule has 0 saturated heterocycles. The van der Waals surface area contributed by atoms with Gasteiger partial charge < -0.3 is 0 Å². The molecule has 29 heavy (non-hydrogen) atoms. The lowest BCUT2D eigenvalue weighted by Crippen LogP contribution is -2.23. The minimum absolute atomic E-state index is 0.0761. The highest BCUT2D eigenvalue weighted by molar-refractivity contribution is 7.98. The summed E-state index contributed by atoms with van der Waals surface area (Å²) in [6, 6.07) is 16.3. The van der Waals surface area contributed by atoms with E-state index >= 15 is 0 Å². The summed E-state index contributed by atoms with van der Waals surface area (Å²) in [5.74, 6) is 0.808. The zero-order valence-electron chi connectivity index (χ0n) is 16.8. The first kappa shape index (κ1) is 20.3. The molecule has 0 N–H and O–H groups in total. The Kier molecular flexibility index (Phi) is 6.78. The standard InChI is InChI=1S/C24H26N2OS2/c1-28-20-13-11-19(12-14-20)17-29-24-25-22-10-6-5-9-21(22)23(27)26(24)16-15-18-7-3-2-4-8-18/h5-7,9-14H,2-4,8,15-17H2,1H3. The van der Waals surface area contributed by atoms with E-state index in [0.717, 1.165) is 22.8 Å². The number of allylic oxidation sites excluding steroid dienone is 2. The Morgan fingerprint density at radius 1 is 1.07 bits per heavy atom. The van der Waals surface area contributed by atoms with Crippen LogP contribution in [0.1, 0.15) is 37.7 Å². The molecule has 0 spiro atoms. The van der Waals surface area contributed by atoms with Gasteiger partial charge >= 0.3 is 0 Å². The van der Waals surface area contributed by atoms with Gasteiger partial charge in [-0.2, -0.15) is 0 Å². The summed E-state index contributed by atoms with van der Waals surface area (Å²) in [6.45, 7) is 0.705. The third-order valence-electron chi connectivity index (χ3n) is 5.40. The Bertz CT molecular complexity index is 1070. The number of hydrogen-bond donors (Lipinski definition) is 0. The molecule has 3 nitrogen and oxygen atoms in total. The Balaban J connectivity index is 1.60. The summed E-state index contributed by atoms with van der Waals surface area (Å²) in [5.41, 5.74) is 3.59. The summed E-state index contributed by atoms with van der Waals surface area (Å²) < 4.78 is 1.89. The average molecular weight is 423 g/mol. The van der Waals surface area contributed by atoms with E-state index in [9.17, 15) is 4.79 Å². The second kappa shape index (κ2) is 9.68. The third kappa shape index (κ3) is 4.96. The molecule has 0 saturated carbocycles. The Hall–Kier alpha value is -1.98. The number of hydrogen-bond acceptors (Lipinski definition) is 4. The van der Waals surface area contributed by atoms with Crippen molar-refractivity contribution in [1.29, 1.82) is 0 Å². The van der Waals surface area contributed by atoms with Crippen molar-refractivity contribution in [2.75, 3.05) is 6.26 Å². The lowest BCUT2D eigenvalue weighted by atomic mass is 9.97. The zero-order chi connectivity index (χ0) is 20.1. The first-order valence-corrected chi connectivity index (χ1v) is 12.4. The van der Waals surface area contributed by atoms with Crippen molar-refractivity contribution in [2.45, 2.75) is 54.5 Å². The Morgan fingerprint density at radius 2 is 1.90 bits per heavy atom. The molecular weight excluding hydrogens is 396 g/mol. The van der Waals surface area contributed by atoms with Gasteiger partial charge in [0.15, 0.2) is 5.16 Å². The van der Waals surface area contributed by atoms with Gasteiger partial charge in [-0.25, -0.2) is 4.98 Å². The van der Waals surface area contributed by atoms with Crippen molar-refractivity contribution >= 4 is 34.4 Å². The Labute approximate surface area is 180 Å². The first-order chi connectivity index (χ1) is 14.2. The molecule has 1 aliphatic carbocycles. The van der Waals surface area contributed by atoms with Crippen LogP contribution in [0.2, 0.25) is 0 Å². The predicted octanol–water partition coefficient (Wildman–Crippen LogP) is 6.30. The quantitative estimate of drug-likeness (QED) is 0.254. The molecule has 1 aliphatic rings. The fourth-order valence-corrected chi connectivity index (χ4v) is 5.10. The van der Waals surface area contributed by atoms with Gasteiger partial charge in [0.1, 0.15) is 0 Å². The molecule has 4 rings (SSSR count). The minimum atomic E-state index is 0.0761. The first-order valence-electron chi connectivity index (χ1n) is 10.2. The average Bonchev–Trinajstić information content (AvgIpc) is 2.78. The van der Waals surface area contributed by atoms with Crippen LogP contribution in [0.3, 0.4) is 0 Å². The summed E-state index contributed by atoms with van der Waals surface area (Å²) in [6.07, 6.45) is 10.3. The molecule has 1 heterocycles. The molecular formula is C24H26N2OS2. The summed E-state index contributed by atoms with van der Waals surface area (Å²) >= 11 is 3.40. The van der Waals surface area contributed by atoms with Crippen LogP contribution in [0.5, 0.6) is 0 Å². The van der Waals surface area contributed by atoms with Crippen LogP contribution in [0.15, 0.2) is 75.0 Å². The number of thioether (sulfide) groups is 2. The smallest absolute Gasteiger partial charge is 0.262 e. The van der Waals surface area contributed by atoms with Crippen molar-refractivity contribution in [3.05, 3.63) is 76.1 Å². The van der Waals surface area contributed by atoms with Gasteiger partial charge in [-0.05, 0) is 68.2 Å². The van der Waals surface area contributed by atoms with Crippen LogP contribution >= 0.6 is 23.5 Å². The highest BCUT2D eigenvalue weighted by atomic mass is 32.2. The minimum Gasteiger partial charge on any atom is -0.287 e. The lowest BCUT2D eigenvalue weighted by molar-refractivity contribution is 0.569. The number of fused-ring (bicyclic) bond motifs is 1. The zero-order valence-corrected chi connectivity index (χ0v) is 18.4. The molecule has 1 aromatic heterocycles. The summed E-state index contributed by atoms with van der Waals surface area (Å²) in [5, 5.41) is 1.53. The summed E-state index contributed by atoms with van der Waals surface area (Å²) in [4.78, 5) is 19.3. The largest absolute Gasteiger partial charge is 0.287 e. The van der Waals surface area contributed by atoms with Crippen LogP contribution in [0.4, 0.5) is 0 Å². The van der Waals surface area contributed by atoms with Crippen molar-refractivity contribution in [2.24, 2.45) is 0 Å². The van der Waals surface area contributed by atoms with E-state index < -0.39 is 0 Å². The van der Waals surface area contributed by atoms with Crippen molar-refractivity contribution in [1.82, 2.24) is 9.55 Å². The van der Waals surface area contributed by atoms with E-state index in [1.807, 2.05) is 28.8 Å². The van der Waals surface area contributed by atoms with E-state index in [1.54, 1.807) is 23.5 Å². The molecule has 0 bridgehead atoms. The number of benzene rings is 2. The SMILES string of the molecule is CSc1ccc(CSc2nc3ccccc3c(=O)n2CCC2=CCCCC2)cc1. The second-order valence-corrected chi connectivity index (χ2v) is 9.19. The highest BCUT2D eigenvalue weighted by Crippen LogP contribution is 2.25. The predicted molar refractivity (Wildman–Crippen MR) is 125 cm³/mol. The van der Waals surface area contributed by atoms with E-state index in [-0.39, 0.29) is 5.56 Å². The molecule has 5 heteroatoms. The van der Waals surface area contributed by atoms with Crippen LogP contribution in [0, 0.1) is 0 Å². The second-order valence-electron chi connectivity index (χ2n) is 7.36. The van der Waals surface area contributed by atoms with Crippen molar-refractivity contribution < 1.29 is 0 Å². The van der Waals surface area contributed by atoms with Gasteiger partial charge in [0.2, 0.25) is 0 Å². The molecule has 0 amide bonds. The molecule has 0 radical (unpaired) electrons. The van der Waals surface area contributed by atoms with E-state index in [0.29, 0.717) is 11.9 Å². The normalized spacial score (nSPS) is 14.2. The topological polar surface area (TPSA) is 34.9 Å². The Morgan fingerprint density at radius 3 is 2.66 bits per heavy atom. The van der Waals surface area contributed by atoms with Crippen LogP contribution in [-0.4, -0.2) is 15.8 Å². The number of rotatable bonds is 7. The van der Waals surface area contributed by atoms with E-state index in [1.165, 1.54) is 41.7 Å². The molecule has 0 aliphatic heterocycles. The van der Waals surface area contributed by atoms with Crippen molar-refractivity contribution in [3.63, 3.8) is 0 Å². The number of aromatic nitrogens is 2. The summed E-state index contributed by atoms with van der Waals surface area (Å²) in [7, 11) is 0. The fraction of sp³-hybridized carbons (Fsp3) is 0.333. The van der Waals surface area contributed by atoms with Gasteiger partial charge in [0.05, 0.1) is 10.9 Å². The molecule has 3 aromatic rings. The highest BCUT2D eigenvalue weighted by Gasteiger charge is 2.13. The fourth-order valence-electron chi connectivity index (χ4n) is 3.71. The van der Waals surface area contributed by atoms with E-state index in [4.69, 9.17) is 4.98 Å². The number of nitrogens with zero attached hydrogens (tertiary/aromatic N) is 2.